The molecule has 28 heavy (non-hydrogen) atoms. The molecule has 1 aliphatic heterocycles. The summed E-state index contributed by atoms with van der Waals surface area (Å²) in [7, 11) is 1.84. The lowest BCUT2D eigenvalue weighted by Crippen LogP contribution is -2.49. The molecule has 0 spiro atoms. The summed E-state index contributed by atoms with van der Waals surface area (Å²) in [6, 6.07) is 4.41. The van der Waals surface area contributed by atoms with Gasteiger partial charge in [0.1, 0.15) is 6.10 Å². The zero-order valence-electron chi connectivity index (χ0n) is 17.3. The predicted molar refractivity (Wildman–Crippen MR) is 109 cm³/mol. The van der Waals surface area contributed by atoms with Gasteiger partial charge in [-0.2, -0.15) is 0 Å². The summed E-state index contributed by atoms with van der Waals surface area (Å²) in [5, 5.41) is 18.3. The molecule has 1 aromatic carbocycles. The van der Waals surface area contributed by atoms with Crippen LogP contribution >= 0.6 is 0 Å². The maximum atomic E-state index is 13.2. The van der Waals surface area contributed by atoms with Gasteiger partial charge in [0.15, 0.2) is 5.75 Å². The van der Waals surface area contributed by atoms with Crippen molar-refractivity contribution in [1.29, 1.82) is 0 Å². The van der Waals surface area contributed by atoms with Gasteiger partial charge in [0.2, 0.25) is 0 Å². The van der Waals surface area contributed by atoms with Gasteiger partial charge in [-0.15, -0.1) is 0 Å². The van der Waals surface area contributed by atoms with E-state index in [1.807, 2.05) is 34.7 Å². The van der Waals surface area contributed by atoms with Crippen LogP contribution in [0.4, 0.5) is 10.5 Å². The summed E-state index contributed by atoms with van der Waals surface area (Å²) < 4.78 is 6.24. The van der Waals surface area contributed by atoms with Crippen LogP contribution in [-0.4, -0.2) is 66.9 Å². The zero-order chi connectivity index (χ0) is 20.8. The molecule has 1 heterocycles. The molecule has 0 saturated carbocycles. The Morgan fingerprint density at radius 1 is 1.36 bits per heavy atom. The van der Waals surface area contributed by atoms with E-state index in [4.69, 9.17) is 4.74 Å². The van der Waals surface area contributed by atoms with E-state index in [-0.39, 0.29) is 42.7 Å². The van der Waals surface area contributed by atoms with E-state index >= 15 is 0 Å². The van der Waals surface area contributed by atoms with E-state index in [0.29, 0.717) is 30.1 Å². The summed E-state index contributed by atoms with van der Waals surface area (Å²) in [5.74, 6) is 0.156. The van der Waals surface area contributed by atoms with Gasteiger partial charge in [-0.05, 0) is 40.0 Å². The van der Waals surface area contributed by atoms with E-state index in [9.17, 15) is 14.7 Å². The molecule has 156 valence electrons. The molecule has 3 amide bonds. The Hall–Kier alpha value is -2.32. The van der Waals surface area contributed by atoms with Crippen molar-refractivity contribution in [2.45, 2.75) is 45.9 Å². The Bertz CT molecular complexity index is 695. The third-order valence-corrected chi connectivity index (χ3v) is 4.76. The normalized spacial score (nSPS) is 20.7. The molecule has 8 heteroatoms. The third-order valence-electron chi connectivity index (χ3n) is 4.76. The van der Waals surface area contributed by atoms with Gasteiger partial charge in [0, 0.05) is 25.0 Å². The van der Waals surface area contributed by atoms with Gasteiger partial charge in [0.05, 0.1) is 23.9 Å². The number of urea groups is 1. The molecule has 8 nitrogen and oxygen atoms in total. The van der Waals surface area contributed by atoms with Gasteiger partial charge in [-0.25, -0.2) is 4.79 Å². The minimum Gasteiger partial charge on any atom is -0.486 e. The number of aliphatic hydroxyl groups excluding tert-OH is 1. The highest BCUT2D eigenvalue weighted by Crippen LogP contribution is 2.34. The van der Waals surface area contributed by atoms with E-state index in [1.54, 1.807) is 23.1 Å². The highest BCUT2D eigenvalue weighted by molar-refractivity contribution is 6.01. The molecule has 0 aromatic heterocycles. The van der Waals surface area contributed by atoms with Crippen molar-refractivity contribution in [2.75, 3.05) is 32.1 Å². The summed E-state index contributed by atoms with van der Waals surface area (Å²) in [4.78, 5) is 27.1. The maximum Gasteiger partial charge on any atom is 0.319 e. The van der Waals surface area contributed by atoms with Gasteiger partial charge >= 0.3 is 6.03 Å². The standard InChI is InChI=1S/C20H32N4O4/c1-12(2)22-20(27)23-16-8-6-7-15-18(16)28-17(9-21-5)13(3)10-24(19(15)26)14(4)11-25/h6-8,12-14,17,21,25H,9-11H2,1-5H3,(H2,22,23,27)/t13-,14-,17-/m1/s1. The molecule has 0 fully saturated rings. The van der Waals surface area contributed by atoms with Crippen LogP contribution in [-0.2, 0) is 0 Å². The lowest BCUT2D eigenvalue weighted by Gasteiger charge is -2.37. The number of nitrogens with one attached hydrogen (secondary N) is 3. The van der Waals surface area contributed by atoms with Crippen LogP contribution in [0.1, 0.15) is 38.1 Å². The molecular weight excluding hydrogens is 360 g/mol. The molecule has 0 radical (unpaired) electrons. The van der Waals surface area contributed by atoms with E-state index in [0.717, 1.165) is 0 Å². The number of ether oxygens (including phenoxy) is 1. The number of rotatable bonds is 6. The largest absolute Gasteiger partial charge is 0.486 e. The first-order valence-corrected chi connectivity index (χ1v) is 9.72. The van der Waals surface area contributed by atoms with Crippen molar-refractivity contribution in [3.05, 3.63) is 23.8 Å². The van der Waals surface area contributed by atoms with Crippen LogP contribution in [0.3, 0.4) is 0 Å². The van der Waals surface area contributed by atoms with Crippen LogP contribution in [0, 0.1) is 5.92 Å². The maximum absolute atomic E-state index is 13.2. The summed E-state index contributed by atoms with van der Waals surface area (Å²) in [6.45, 7) is 8.50. The van der Waals surface area contributed by atoms with E-state index in [1.165, 1.54) is 0 Å². The molecule has 1 aliphatic rings. The number of anilines is 1. The van der Waals surface area contributed by atoms with Gasteiger partial charge in [-0.3, -0.25) is 4.79 Å². The first-order valence-electron chi connectivity index (χ1n) is 9.72. The highest BCUT2D eigenvalue weighted by Gasteiger charge is 2.33. The lowest BCUT2D eigenvalue weighted by molar-refractivity contribution is 0.0417. The van der Waals surface area contributed by atoms with Crippen molar-refractivity contribution in [3.63, 3.8) is 0 Å². The Balaban J connectivity index is 2.48. The zero-order valence-corrected chi connectivity index (χ0v) is 17.3. The number of likely N-dealkylation sites (N-methyl/N-ethyl adjacent to an activating group) is 1. The molecule has 0 aliphatic carbocycles. The minimum atomic E-state index is -0.361. The second-order valence-corrected chi connectivity index (χ2v) is 7.62. The smallest absolute Gasteiger partial charge is 0.319 e. The summed E-state index contributed by atoms with van der Waals surface area (Å²) in [6.07, 6.45) is -0.207. The second-order valence-electron chi connectivity index (χ2n) is 7.62. The first-order chi connectivity index (χ1) is 13.3. The summed E-state index contributed by atoms with van der Waals surface area (Å²) in [5.41, 5.74) is 0.812. The average Bonchev–Trinajstić information content (AvgIpc) is 2.64. The van der Waals surface area contributed by atoms with Gasteiger partial charge in [-0.1, -0.05) is 13.0 Å². The number of carbonyl (C=O) groups is 2. The van der Waals surface area contributed by atoms with Crippen LogP contribution < -0.4 is 20.7 Å². The molecule has 0 saturated heterocycles. The Labute approximate surface area is 166 Å². The predicted octanol–water partition coefficient (Wildman–Crippen LogP) is 1.66. The molecule has 0 bridgehead atoms. The van der Waals surface area contributed by atoms with Crippen LogP contribution in [0.25, 0.3) is 0 Å². The third kappa shape index (κ3) is 5.14. The fourth-order valence-corrected chi connectivity index (χ4v) is 3.21. The average molecular weight is 393 g/mol. The van der Waals surface area contributed by atoms with Crippen LogP contribution in [0.15, 0.2) is 18.2 Å². The molecule has 3 atom stereocenters. The van der Waals surface area contributed by atoms with Crippen molar-refractivity contribution in [3.8, 4) is 5.75 Å². The Morgan fingerprint density at radius 3 is 2.68 bits per heavy atom. The number of amides is 3. The number of hydrogen-bond donors (Lipinski definition) is 4. The van der Waals surface area contributed by atoms with Crippen molar-refractivity contribution in [2.24, 2.45) is 5.92 Å². The van der Waals surface area contributed by atoms with E-state index in [2.05, 4.69) is 16.0 Å². The van der Waals surface area contributed by atoms with Crippen LogP contribution in [0.2, 0.25) is 0 Å². The number of nitrogens with zero attached hydrogens (tertiary/aromatic N) is 1. The number of hydrogen-bond acceptors (Lipinski definition) is 5. The number of aliphatic hydroxyl groups is 1. The van der Waals surface area contributed by atoms with Crippen LogP contribution in [0.5, 0.6) is 5.75 Å². The van der Waals surface area contributed by atoms with Crippen molar-refractivity contribution < 1.29 is 19.4 Å². The number of benzene rings is 1. The second kappa shape index (κ2) is 9.75. The number of para-hydroxylation sites is 1. The van der Waals surface area contributed by atoms with Crippen molar-refractivity contribution in [1.82, 2.24) is 15.5 Å². The topological polar surface area (TPSA) is 103 Å². The Morgan fingerprint density at radius 2 is 2.07 bits per heavy atom. The Kier molecular flexibility index (Phi) is 7.65. The SMILES string of the molecule is CNC[C@H]1Oc2c(NC(=O)NC(C)C)cccc2C(=O)N([C@H](C)CO)C[C@H]1C. The van der Waals surface area contributed by atoms with Crippen molar-refractivity contribution >= 4 is 17.6 Å². The minimum absolute atomic E-state index is 0.0222. The molecule has 4 N–H and O–H groups in total. The highest BCUT2D eigenvalue weighted by atomic mass is 16.5. The number of fused-ring (bicyclic) bond motifs is 1. The number of carbonyl (C=O) groups excluding carboxylic acids is 2. The fourth-order valence-electron chi connectivity index (χ4n) is 3.21. The quantitative estimate of drug-likeness (QED) is 0.590. The molecule has 0 unspecified atom stereocenters. The summed E-state index contributed by atoms with van der Waals surface area (Å²) >= 11 is 0. The lowest BCUT2D eigenvalue weighted by atomic mass is 9.99. The molecule has 2 rings (SSSR count). The van der Waals surface area contributed by atoms with Gasteiger partial charge in [0.25, 0.3) is 5.91 Å². The first kappa shape index (κ1) is 22.0. The monoisotopic (exact) mass is 392 g/mol. The fraction of sp³-hybridized carbons (Fsp3) is 0.600. The molecule has 1 aromatic rings. The van der Waals surface area contributed by atoms with Gasteiger partial charge < -0.3 is 30.7 Å². The molecular formula is C20H32N4O4. The van der Waals surface area contributed by atoms with E-state index < -0.39 is 0 Å².